The molecule has 22 heavy (non-hydrogen) atoms. The van der Waals surface area contributed by atoms with Gasteiger partial charge in [0.05, 0.1) is 12.2 Å². The van der Waals surface area contributed by atoms with Gasteiger partial charge in [-0.3, -0.25) is 4.99 Å². The first-order valence-electron chi connectivity index (χ1n) is 7.75. The molecule has 1 aliphatic carbocycles. The Labute approximate surface area is 148 Å². The standard InChI is InChI=1S/C16H23N5.HI/c1-17-16(20-13-7-3-2-4-8-13)18-11-14-12-21-10-6-5-9-15(21)19-14;/h5-6,9-10,12-13H,2-4,7-8,11H2,1H3,(H2,17,18,20);1H. The highest BCUT2D eigenvalue weighted by Gasteiger charge is 2.14. The minimum Gasteiger partial charge on any atom is -0.354 e. The van der Waals surface area contributed by atoms with Gasteiger partial charge >= 0.3 is 0 Å². The van der Waals surface area contributed by atoms with Crippen molar-refractivity contribution in [3.8, 4) is 0 Å². The van der Waals surface area contributed by atoms with E-state index in [0.717, 1.165) is 17.3 Å². The van der Waals surface area contributed by atoms with Crippen molar-refractivity contribution in [1.82, 2.24) is 20.0 Å². The number of pyridine rings is 1. The monoisotopic (exact) mass is 413 g/mol. The summed E-state index contributed by atoms with van der Waals surface area (Å²) in [6.07, 6.45) is 10.6. The first kappa shape index (κ1) is 17.1. The Kier molecular flexibility index (Phi) is 6.48. The maximum Gasteiger partial charge on any atom is 0.191 e. The normalized spacial score (nSPS) is 16.3. The number of aliphatic imine (C=N–C) groups is 1. The van der Waals surface area contributed by atoms with Crippen LogP contribution in [0.25, 0.3) is 5.65 Å². The van der Waals surface area contributed by atoms with Gasteiger partial charge in [0, 0.05) is 25.5 Å². The predicted octanol–water partition coefficient (Wildman–Crippen LogP) is 2.95. The molecule has 0 spiro atoms. The third-order valence-electron chi connectivity index (χ3n) is 4.02. The van der Waals surface area contributed by atoms with Crippen LogP contribution in [0.2, 0.25) is 0 Å². The lowest BCUT2D eigenvalue weighted by molar-refractivity contribution is 0.410. The van der Waals surface area contributed by atoms with Crippen molar-refractivity contribution in [2.45, 2.75) is 44.7 Å². The number of hydrogen-bond donors (Lipinski definition) is 2. The zero-order chi connectivity index (χ0) is 14.5. The summed E-state index contributed by atoms with van der Waals surface area (Å²) in [7, 11) is 1.82. The van der Waals surface area contributed by atoms with Gasteiger partial charge < -0.3 is 15.0 Å². The summed E-state index contributed by atoms with van der Waals surface area (Å²) >= 11 is 0. The Hall–Kier alpha value is -1.31. The summed E-state index contributed by atoms with van der Waals surface area (Å²) in [6.45, 7) is 0.689. The van der Waals surface area contributed by atoms with Crippen molar-refractivity contribution < 1.29 is 0 Å². The summed E-state index contributed by atoms with van der Waals surface area (Å²) in [6, 6.07) is 6.59. The lowest BCUT2D eigenvalue weighted by Gasteiger charge is -2.24. The van der Waals surface area contributed by atoms with E-state index in [0.29, 0.717) is 12.6 Å². The lowest BCUT2D eigenvalue weighted by atomic mass is 9.96. The first-order valence-corrected chi connectivity index (χ1v) is 7.75. The molecule has 5 nitrogen and oxygen atoms in total. The Morgan fingerprint density at radius 1 is 1.32 bits per heavy atom. The van der Waals surface area contributed by atoms with Crippen molar-refractivity contribution in [1.29, 1.82) is 0 Å². The molecular formula is C16H24IN5. The number of imidazole rings is 1. The van der Waals surface area contributed by atoms with Gasteiger partial charge in [-0.25, -0.2) is 4.98 Å². The van der Waals surface area contributed by atoms with Gasteiger partial charge in [0.2, 0.25) is 0 Å². The summed E-state index contributed by atoms with van der Waals surface area (Å²) < 4.78 is 2.04. The lowest BCUT2D eigenvalue weighted by Crippen LogP contribution is -2.43. The van der Waals surface area contributed by atoms with E-state index in [1.165, 1.54) is 32.1 Å². The van der Waals surface area contributed by atoms with Gasteiger partial charge in [0.1, 0.15) is 5.65 Å². The van der Waals surface area contributed by atoms with Crippen LogP contribution in [0.1, 0.15) is 37.8 Å². The molecule has 0 radical (unpaired) electrons. The molecular weight excluding hydrogens is 389 g/mol. The van der Waals surface area contributed by atoms with Gasteiger partial charge in [-0.1, -0.05) is 25.3 Å². The zero-order valence-electron chi connectivity index (χ0n) is 13.0. The molecule has 2 N–H and O–H groups in total. The van der Waals surface area contributed by atoms with E-state index in [1.54, 1.807) is 0 Å². The second kappa shape index (κ2) is 8.36. The predicted molar refractivity (Wildman–Crippen MR) is 101 cm³/mol. The van der Waals surface area contributed by atoms with Crippen LogP contribution in [0.5, 0.6) is 0 Å². The van der Waals surface area contributed by atoms with Crippen LogP contribution >= 0.6 is 24.0 Å². The minimum absolute atomic E-state index is 0. The van der Waals surface area contributed by atoms with Crippen molar-refractivity contribution in [2.24, 2.45) is 4.99 Å². The minimum atomic E-state index is 0. The molecule has 2 aromatic rings. The maximum absolute atomic E-state index is 4.58. The van der Waals surface area contributed by atoms with Crippen LogP contribution < -0.4 is 10.6 Å². The van der Waals surface area contributed by atoms with Crippen LogP contribution in [0.3, 0.4) is 0 Å². The largest absolute Gasteiger partial charge is 0.354 e. The summed E-state index contributed by atoms with van der Waals surface area (Å²) in [5.41, 5.74) is 2.00. The molecule has 1 saturated carbocycles. The summed E-state index contributed by atoms with van der Waals surface area (Å²) in [4.78, 5) is 8.89. The molecule has 3 rings (SSSR count). The Morgan fingerprint density at radius 2 is 2.14 bits per heavy atom. The van der Waals surface area contributed by atoms with Crippen LogP contribution in [0.4, 0.5) is 0 Å². The SMILES string of the molecule is CN=C(NCc1cn2ccccc2n1)NC1CCCCC1.I. The van der Waals surface area contributed by atoms with Gasteiger partial charge in [0.25, 0.3) is 0 Å². The van der Waals surface area contributed by atoms with Crippen molar-refractivity contribution in [2.75, 3.05) is 7.05 Å². The number of aromatic nitrogens is 2. The highest BCUT2D eigenvalue weighted by molar-refractivity contribution is 14.0. The molecule has 0 aromatic carbocycles. The molecule has 0 unspecified atom stereocenters. The summed E-state index contributed by atoms with van der Waals surface area (Å²) in [5, 5.41) is 6.87. The van der Waals surface area contributed by atoms with Gasteiger partial charge in [0.15, 0.2) is 5.96 Å². The van der Waals surface area contributed by atoms with E-state index in [-0.39, 0.29) is 24.0 Å². The number of nitrogens with one attached hydrogen (secondary N) is 2. The smallest absolute Gasteiger partial charge is 0.191 e. The molecule has 2 heterocycles. The third kappa shape index (κ3) is 4.34. The molecule has 0 saturated heterocycles. The van der Waals surface area contributed by atoms with Crippen molar-refractivity contribution in [3.63, 3.8) is 0 Å². The maximum atomic E-state index is 4.58. The quantitative estimate of drug-likeness (QED) is 0.462. The number of halogens is 1. The molecule has 0 aliphatic heterocycles. The molecule has 0 bridgehead atoms. The number of hydrogen-bond acceptors (Lipinski definition) is 2. The third-order valence-corrected chi connectivity index (χ3v) is 4.02. The zero-order valence-corrected chi connectivity index (χ0v) is 15.3. The average molecular weight is 413 g/mol. The van der Waals surface area contributed by atoms with E-state index >= 15 is 0 Å². The van der Waals surface area contributed by atoms with E-state index in [1.807, 2.05) is 35.8 Å². The Bertz CT molecular complexity index is 583. The summed E-state index contributed by atoms with van der Waals surface area (Å²) in [5.74, 6) is 0.874. The highest BCUT2D eigenvalue weighted by Crippen LogP contribution is 2.17. The Balaban J connectivity index is 0.00000176. The number of rotatable bonds is 3. The van der Waals surface area contributed by atoms with Crippen LogP contribution in [0, 0.1) is 0 Å². The van der Waals surface area contributed by atoms with Gasteiger partial charge in [-0.15, -0.1) is 24.0 Å². The van der Waals surface area contributed by atoms with Gasteiger partial charge in [-0.2, -0.15) is 0 Å². The topological polar surface area (TPSA) is 53.7 Å². The number of nitrogens with zero attached hydrogens (tertiary/aromatic N) is 3. The fraction of sp³-hybridized carbons (Fsp3) is 0.500. The van der Waals surface area contributed by atoms with Crippen LogP contribution in [-0.4, -0.2) is 28.4 Å². The van der Waals surface area contributed by atoms with Crippen LogP contribution in [0.15, 0.2) is 35.6 Å². The fourth-order valence-electron chi connectivity index (χ4n) is 2.88. The molecule has 1 fully saturated rings. The first-order chi connectivity index (χ1) is 10.3. The van der Waals surface area contributed by atoms with E-state index in [9.17, 15) is 0 Å². The van der Waals surface area contributed by atoms with E-state index < -0.39 is 0 Å². The molecule has 2 aromatic heterocycles. The molecule has 120 valence electrons. The highest BCUT2D eigenvalue weighted by atomic mass is 127. The molecule has 0 atom stereocenters. The van der Waals surface area contributed by atoms with E-state index in [2.05, 4.69) is 26.8 Å². The van der Waals surface area contributed by atoms with E-state index in [4.69, 9.17) is 0 Å². The number of guanidine groups is 1. The van der Waals surface area contributed by atoms with Crippen LogP contribution in [-0.2, 0) is 6.54 Å². The molecule has 6 heteroatoms. The fourth-order valence-corrected chi connectivity index (χ4v) is 2.88. The van der Waals surface area contributed by atoms with Gasteiger partial charge in [-0.05, 0) is 25.0 Å². The van der Waals surface area contributed by atoms with Crippen molar-refractivity contribution >= 4 is 35.6 Å². The molecule has 1 aliphatic rings. The number of fused-ring (bicyclic) bond motifs is 1. The average Bonchev–Trinajstić information content (AvgIpc) is 2.95. The van der Waals surface area contributed by atoms with Crippen molar-refractivity contribution in [3.05, 3.63) is 36.3 Å². The second-order valence-electron chi connectivity index (χ2n) is 5.60. The molecule has 0 amide bonds. The Morgan fingerprint density at radius 3 is 2.86 bits per heavy atom. The second-order valence-corrected chi connectivity index (χ2v) is 5.60.